The van der Waals surface area contributed by atoms with Gasteiger partial charge in [0.15, 0.2) is 0 Å². The van der Waals surface area contributed by atoms with Gasteiger partial charge in [0.2, 0.25) is 0 Å². The molecule has 33 heavy (non-hydrogen) atoms. The van der Waals surface area contributed by atoms with Crippen molar-refractivity contribution >= 4 is 23.3 Å². The topological polar surface area (TPSA) is 82.7 Å². The van der Waals surface area contributed by atoms with Crippen molar-refractivity contribution in [2.45, 2.75) is 6.04 Å². The van der Waals surface area contributed by atoms with Crippen molar-refractivity contribution in [1.29, 1.82) is 0 Å². The highest BCUT2D eigenvalue weighted by Crippen LogP contribution is 2.17. The van der Waals surface area contributed by atoms with Gasteiger partial charge >= 0.3 is 6.03 Å². The van der Waals surface area contributed by atoms with Gasteiger partial charge in [-0.2, -0.15) is 0 Å². The van der Waals surface area contributed by atoms with Gasteiger partial charge in [0.1, 0.15) is 0 Å². The first kappa shape index (κ1) is 22.5. The average molecular weight is 445 g/mol. The van der Waals surface area contributed by atoms with Crippen LogP contribution < -0.4 is 16.0 Å². The van der Waals surface area contributed by atoms with Crippen molar-refractivity contribution in [3.8, 4) is 0 Å². The van der Waals surface area contributed by atoms with Gasteiger partial charge < -0.3 is 20.7 Å². The molecule has 1 aliphatic rings. The van der Waals surface area contributed by atoms with E-state index < -0.39 is 0 Å². The van der Waals surface area contributed by atoms with Crippen LogP contribution in [0.4, 0.5) is 16.2 Å². The number of nitrogens with zero attached hydrogens (tertiary/aromatic N) is 1. The number of nitrogens with one attached hydrogen (secondary N) is 3. The molecule has 1 aliphatic heterocycles. The summed E-state index contributed by atoms with van der Waals surface area (Å²) in [5.41, 5.74) is 2.91. The van der Waals surface area contributed by atoms with Crippen LogP contribution in [-0.4, -0.2) is 49.7 Å². The van der Waals surface area contributed by atoms with Gasteiger partial charge in [-0.15, -0.1) is 0 Å². The molecule has 3 aromatic carbocycles. The molecular formula is C26H28N4O3. The lowest BCUT2D eigenvalue weighted by atomic mass is 10.1. The third-order valence-electron chi connectivity index (χ3n) is 5.49. The fourth-order valence-electron chi connectivity index (χ4n) is 3.72. The molecule has 0 aromatic heterocycles. The smallest absolute Gasteiger partial charge is 0.323 e. The highest BCUT2D eigenvalue weighted by molar-refractivity contribution is 6.00. The number of para-hydroxylation sites is 1. The van der Waals surface area contributed by atoms with Crippen molar-refractivity contribution in [3.63, 3.8) is 0 Å². The first-order chi connectivity index (χ1) is 16.2. The molecule has 1 saturated heterocycles. The summed E-state index contributed by atoms with van der Waals surface area (Å²) >= 11 is 0. The molecule has 7 nitrogen and oxygen atoms in total. The van der Waals surface area contributed by atoms with Gasteiger partial charge in [0.25, 0.3) is 5.91 Å². The largest absolute Gasteiger partial charge is 0.379 e. The lowest BCUT2D eigenvalue weighted by molar-refractivity contribution is 0.0332. The molecule has 0 saturated carbocycles. The highest BCUT2D eigenvalue weighted by atomic mass is 16.5. The fraction of sp³-hybridized carbons (Fsp3) is 0.231. The summed E-state index contributed by atoms with van der Waals surface area (Å²) in [7, 11) is 0. The maximum atomic E-state index is 13.0. The number of carbonyl (C=O) groups is 2. The molecule has 0 bridgehead atoms. The monoisotopic (exact) mass is 444 g/mol. The Kier molecular flexibility index (Phi) is 7.68. The molecule has 1 heterocycles. The van der Waals surface area contributed by atoms with Crippen LogP contribution in [0, 0.1) is 0 Å². The number of urea groups is 1. The van der Waals surface area contributed by atoms with E-state index in [-0.39, 0.29) is 18.0 Å². The Hall–Kier alpha value is -3.68. The molecule has 0 aliphatic carbocycles. The van der Waals surface area contributed by atoms with E-state index in [0.717, 1.165) is 25.2 Å². The van der Waals surface area contributed by atoms with Crippen molar-refractivity contribution in [3.05, 3.63) is 96.1 Å². The third-order valence-corrected chi connectivity index (χ3v) is 5.49. The predicted octanol–water partition coefficient (Wildman–Crippen LogP) is 4.13. The molecule has 0 radical (unpaired) electrons. The van der Waals surface area contributed by atoms with E-state index in [1.54, 1.807) is 24.3 Å². The van der Waals surface area contributed by atoms with Crippen LogP contribution in [0.5, 0.6) is 0 Å². The minimum atomic E-state index is -0.340. The second kappa shape index (κ2) is 11.3. The van der Waals surface area contributed by atoms with Gasteiger partial charge in [0, 0.05) is 36.6 Å². The van der Waals surface area contributed by atoms with Crippen molar-refractivity contribution in [2.24, 2.45) is 0 Å². The molecule has 7 heteroatoms. The van der Waals surface area contributed by atoms with Crippen LogP contribution in [-0.2, 0) is 4.74 Å². The quantitative estimate of drug-likeness (QED) is 0.512. The molecule has 1 atom stereocenters. The van der Waals surface area contributed by atoms with Crippen molar-refractivity contribution in [2.75, 3.05) is 43.5 Å². The van der Waals surface area contributed by atoms with E-state index >= 15 is 0 Å². The molecular weight excluding hydrogens is 416 g/mol. The molecule has 3 amide bonds. The van der Waals surface area contributed by atoms with E-state index in [1.165, 1.54) is 0 Å². The Morgan fingerprint density at radius 2 is 1.36 bits per heavy atom. The first-order valence-corrected chi connectivity index (χ1v) is 11.1. The molecule has 1 fully saturated rings. The SMILES string of the molecule is O=C(Nc1ccccc1)Nc1ccc(C(=O)NC(CN2CCOCC2)c2ccccc2)cc1. The first-order valence-electron chi connectivity index (χ1n) is 11.1. The zero-order valence-corrected chi connectivity index (χ0v) is 18.4. The number of rotatable bonds is 7. The van der Waals surface area contributed by atoms with Gasteiger partial charge in [0.05, 0.1) is 19.3 Å². The average Bonchev–Trinajstić information content (AvgIpc) is 2.86. The van der Waals surface area contributed by atoms with Crippen LogP contribution in [0.3, 0.4) is 0 Å². The molecule has 170 valence electrons. The Labute approximate surface area is 193 Å². The van der Waals surface area contributed by atoms with E-state index in [0.29, 0.717) is 30.2 Å². The van der Waals surface area contributed by atoms with Crippen LogP contribution in [0.15, 0.2) is 84.9 Å². The minimum Gasteiger partial charge on any atom is -0.379 e. The van der Waals surface area contributed by atoms with Crippen molar-refractivity contribution < 1.29 is 14.3 Å². The summed E-state index contributed by atoms with van der Waals surface area (Å²) in [5.74, 6) is -0.155. The standard InChI is InChI=1S/C26H28N4O3/c31-25(29-24(20-7-3-1-4-8-20)19-30-15-17-33-18-16-30)21-11-13-23(14-12-21)28-26(32)27-22-9-5-2-6-10-22/h1-14,24H,15-19H2,(H,29,31)(H2,27,28,32). The number of hydrogen-bond donors (Lipinski definition) is 3. The Morgan fingerprint density at radius 3 is 2.00 bits per heavy atom. The zero-order valence-electron chi connectivity index (χ0n) is 18.4. The minimum absolute atomic E-state index is 0.133. The van der Waals surface area contributed by atoms with Gasteiger partial charge in [-0.05, 0) is 42.0 Å². The molecule has 4 rings (SSSR count). The Bertz CT molecular complexity index is 1040. The lowest BCUT2D eigenvalue weighted by Gasteiger charge is -2.31. The van der Waals surface area contributed by atoms with Gasteiger partial charge in [-0.1, -0.05) is 48.5 Å². The van der Waals surface area contributed by atoms with E-state index in [2.05, 4.69) is 20.9 Å². The maximum absolute atomic E-state index is 13.0. The van der Waals surface area contributed by atoms with Crippen LogP contribution in [0.1, 0.15) is 22.0 Å². The summed E-state index contributed by atoms with van der Waals surface area (Å²) in [6.45, 7) is 3.84. The number of amides is 3. The van der Waals surface area contributed by atoms with Crippen LogP contribution in [0.2, 0.25) is 0 Å². The summed E-state index contributed by atoms with van der Waals surface area (Å²) in [6, 6.07) is 25.6. The van der Waals surface area contributed by atoms with Gasteiger partial charge in [-0.25, -0.2) is 4.79 Å². The van der Waals surface area contributed by atoms with E-state index in [9.17, 15) is 9.59 Å². The second-order valence-electron chi connectivity index (χ2n) is 7.87. The number of carbonyl (C=O) groups excluding carboxylic acids is 2. The van der Waals surface area contributed by atoms with E-state index in [1.807, 2.05) is 60.7 Å². The Balaban J connectivity index is 1.37. The normalized spacial score (nSPS) is 14.8. The third kappa shape index (κ3) is 6.65. The number of anilines is 2. The van der Waals surface area contributed by atoms with Crippen LogP contribution >= 0.6 is 0 Å². The summed E-state index contributed by atoms with van der Waals surface area (Å²) in [5, 5.41) is 8.71. The predicted molar refractivity (Wildman–Crippen MR) is 129 cm³/mol. The zero-order chi connectivity index (χ0) is 22.9. The lowest BCUT2D eigenvalue weighted by Crippen LogP contribution is -2.43. The maximum Gasteiger partial charge on any atom is 0.323 e. The van der Waals surface area contributed by atoms with E-state index in [4.69, 9.17) is 4.74 Å². The number of benzene rings is 3. The number of hydrogen-bond acceptors (Lipinski definition) is 4. The molecule has 1 unspecified atom stereocenters. The number of morpholine rings is 1. The second-order valence-corrected chi connectivity index (χ2v) is 7.87. The molecule has 3 aromatic rings. The van der Waals surface area contributed by atoms with Gasteiger partial charge in [-0.3, -0.25) is 9.69 Å². The highest BCUT2D eigenvalue weighted by Gasteiger charge is 2.20. The fourth-order valence-corrected chi connectivity index (χ4v) is 3.72. The number of ether oxygens (including phenoxy) is 1. The molecule has 3 N–H and O–H groups in total. The summed E-state index contributed by atoms with van der Waals surface area (Å²) in [4.78, 5) is 27.5. The summed E-state index contributed by atoms with van der Waals surface area (Å²) < 4.78 is 5.45. The Morgan fingerprint density at radius 1 is 0.788 bits per heavy atom. The van der Waals surface area contributed by atoms with Crippen LogP contribution in [0.25, 0.3) is 0 Å². The van der Waals surface area contributed by atoms with Crippen molar-refractivity contribution in [1.82, 2.24) is 10.2 Å². The summed E-state index contributed by atoms with van der Waals surface area (Å²) in [6.07, 6.45) is 0. The molecule has 0 spiro atoms.